The van der Waals surface area contributed by atoms with E-state index in [1.807, 2.05) is 0 Å². The molecule has 0 saturated carbocycles. The molecule has 0 aliphatic carbocycles. The van der Waals surface area contributed by atoms with Crippen LogP contribution in [0, 0.1) is 0 Å². The maximum atomic E-state index is 12.9. The van der Waals surface area contributed by atoms with Crippen LogP contribution in [0.25, 0.3) is 5.65 Å². The van der Waals surface area contributed by atoms with Crippen molar-refractivity contribution in [2.24, 2.45) is 0 Å². The number of hydrogen-bond donors (Lipinski definition) is 1. The normalized spacial score (nSPS) is 12.7. The third-order valence-corrected chi connectivity index (χ3v) is 8.08. The molecule has 0 fully saturated rings. The van der Waals surface area contributed by atoms with Crippen LogP contribution in [0.15, 0.2) is 46.6 Å². The Morgan fingerprint density at radius 3 is 2.45 bits per heavy atom. The van der Waals surface area contributed by atoms with Gasteiger partial charge < -0.3 is 14.8 Å². The molecule has 0 spiro atoms. The molecule has 33 heavy (non-hydrogen) atoms. The zero-order chi connectivity index (χ0) is 24.2. The number of pyridine rings is 1. The molecule has 0 aliphatic rings. The average molecular weight is 494 g/mol. The lowest BCUT2D eigenvalue weighted by molar-refractivity contribution is -0.115. The number of ether oxygens (including phenoxy) is 2. The van der Waals surface area contributed by atoms with Gasteiger partial charge in [0.1, 0.15) is 0 Å². The molecule has 0 aliphatic heterocycles. The van der Waals surface area contributed by atoms with Gasteiger partial charge in [-0.1, -0.05) is 25.6 Å². The van der Waals surface area contributed by atoms with Crippen LogP contribution in [0.2, 0.25) is 0 Å². The number of thioether (sulfide) groups is 1. The fourth-order valence-electron chi connectivity index (χ4n) is 3.17. The van der Waals surface area contributed by atoms with Crippen molar-refractivity contribution >= 4 is 39.0 Å². The molecule has 12 heteroatoms. The molecule has 0 radical (unpaired) electrons. The maximum Gasteiger partial charge on any atom is 0.244 e. The highest BCUT2D eigenvalue weighted by molar-refractivity contribution is 8.00. The highest BCUT2D eigenvalue weighted by atomic mass is 32.2. The van der Waals surface area contributed by atoms with Gasteiger partial charge in [0.25, 0.3) is 0 Å². The number of sulfonamides is 1. The zero-order valence-electron chi connectivity index (χ0n) is 19.1. The van der Waals surface area contributed by atoms with Crippen molar-refractivity contribution in [3.05, 3.63) is 36.5 Å². The number of carbonyl (C=O) groups is 1. The van der Waals surface area contributed by atoms with Crippen LogP contribution in [0.5, 0.6) is 11.5 Å². The van der Waals surface area contributed by atoms with E-state index in [0.717, 1.165) is 0 Å². The Bertz CT molecular complexity index is 1240. The molecule has 0 saturated heterocycles. The quantitative estimate of drug-likeness (QED) is 0.429. The predicted molar refractivity (Wildman–Crippen MR) is 127 cm³/mol. The lowest BCUT2D eigenvalue weighted by Crippen LogP contribution is -2.30. The number of fused-ring (bicyclic) bond motifs is 1. The first-order valence-electron chi connectivity index (χ1n) is 10.3. The Morgan fingerprint density at radius 1 is 1.12 bits per heavy atom. The van der Waals surface area contributed by atoms with E-state index in [4.69, 9.17) is 9.47 Å². The van der Waals surface area contributed by atoms with Crippen LogP contribution in [0.3, 0.4) is 0 Å². The largest absolute Gasteiger partial charge is 0.493 e. The van der Waals surface area contributed by atoms with Gasteiger partial charge in [0.15, 0.2) is 22.3 Å². The second kappa shape index (κ2) is 10.4. The number of carbonyl (C=O) groups excluding carboxylic acids is 1. The fourth-order valence-corrected chi connectivity index (χ4v) is 5.45. The number of hydrogen-bond acceptors (Lipinski definition) is 8. The van der Waals surface area contributed by atoms with Gasteiger partial charge >= 0.3 is 0 Å². The van der Waals surface area contributed by atoms with Crippen molar-refractivity contribution in [3.8, 4) is 11.5 Å². The summed E-state index contributed by atoms with van der Waals surface area (Å²) in [5.41, 5.74) is 1.05. The molecular weight excluding hydrogens is 466 g/mol. The second-order valence-electron chi connectivity index (χ2n) is 6.98. The van der Waals surface area contributed by atoms with E-state index in [1.54, 1.807) is 49.4 Å². The van der Waals surface area contributed by atoms with Crippen LogP contribution < -0.4 is 14.8 Å². The van der Waals surface area contributed by atoms with Crippen LogP contribution in [0.4, 0.5) is 5.69 Å². The third kappa shape index (κ3) is 5.23. The third-order valence-electron chi connectivity index (χ3n) is 4.99. The van der Waals surface area contributed by atoms with Crippen molar-refractivity contribution in [1.82, 2.24) is 18.9 Å². The first-order chi connectivity index (χ1) is 15.7. The number of benzene rings is 1. The lowest BCUT2D eigenvalue weighted by atomic mass is 10.2. The Kier molecular flexibility index (Phi) is 7.82. The first kappa shape index (κ1) is 24.8. The van der Waals surface area contributed by atoms with E-state index in [0.29, 0.717) is 41.1 Å². The Hall–Kier alpha value is -2.83. The Morgan fingerprint density at radius 2 is 1.82 bits per heavy atom. The summed E-state index contributed by atoms with van der Waals surface area (Å²) < 4.78 is 39.2. The monoisotopic (exact) mass is 493 g/mol. The van der Waals surface area contributed by atoms with E-state index in [2.05, 4.69) is 15.5 Å². The van der Waals surface area contributed by atoms with E-state index in [-0.39, 0.29) is 10.8 Å². The Labute approximate surface area is 197 Å². The van der Waals surface area contributed by atoms with Gasteiger partial charge in [-0.3, -0.25) is 9.20 Å². The molecule has 2 heterocycles. The molecule has 1 aromatic carbocycles. The maximum absolute atomic E-state index is 12.9. The molecule has 3 rings (SSSR count). The first-order valence-corrected chi connectivity index (χ1v) is 12.6. The molecule has 178 valence electrons. The summed E-state index contributed by atoms with van der Waals surface area (Å²) in [5, 5.41) is 10.9. The molecule has 2 aromatic heterocycles. The number of anilines is 1. The topological polar surface area (TPSA) is 115 Å². The minimum Gasteiger partial charge on any atom is -0.493 e. The van der Waals surface area contributed by atoms with Crippen molar-refractivity contribution in [2.75, 3.05) is 32.6 Å². The number of nitrogens with zero attached hydrogens (tertiary/aromatic N) is 4. The lowest BCUT2D eigenvalue weighted by Gasteiger charge is -2.18. The van der Waals surface area contributed by atoms with Gasteiger partial charge in [-0.15, -0.1) is 10.2 Å². The van der Waals surface area contributed by atoms with Crippen molar-refractivity contribution in [2.45, 2.75) is 36.1 Å². The summed E-state index contributed by atoms with van der Waals surface area (Å²) in [6.45, 7) is 6.05. The SMILES string of the molecule is CCN(CC)S(=O)(=O)c1ccc2nnc(SC(C)C(=O)Nc3ccc(OC)c(OC)c3)n2c1. The van der Waals surface area contributed by atoms with Gasteiger partial charge in [-0.2, -0.15) is 4.31 Å². The molecule has 3 aromatic rings. The van der Waals surface area contributed by atoms with E-state index >= 15 is 0 Å². The molecule has 1 unspecified atom stereocenters. The molecule has 1 atom stereocenters. The zero-order valence-corrected chi connectivity index (χ0v) is 20.7. The summed E-state index contributed by atoms with van der Waals surface area (Å²) in [7, 11) is -0.580. The van der Waals surface area contributed by atoms with Gasteiger partial charge in [0.2, 0.25) is 15.9 Å². The minimum atomic E-state index is -3.64. The fraction of sp³-hybridized carbons (Fsp3) is 0.381. The molecule has 0 bridgehead atoms. The van der Waals surface area contributed by atoms with E-state index in [9.17, 15) is 13.2 Å². The van der Waals surface area contributed by atoms with Crippen LogP contribution >= 0.6 is 11.8 Å². The number of nitrogens with one attached hydrogen (secondary N) is 1. The van der Waals surface area contributed by atoms with Gasteiger partial charge in [0, 0.05) is 31.0 Å². The highest BCUT2D eigenvalue weighted by Crippen LogP contribution is 2.30. The molecule has 10 nitrogen and oxygen atoms in total. The number of aromatic nitrogens is 3. The van der Waals surface area contributed by atoms with Gasteiger partial charge in [-0.05, 0) is 31.2 Å². The van der Waals surface area contributed by atoms with E-state index < -0.39 is 15.3 Å². The molecular formula is C21H27N5O5S2. The summed E-state index contributed by atoms with van der Waals surface area (Å²) in [6.07, 6.45) is 1.49. The van der Waals surface area contributed by atoms with E-state index in [1.165, 1.54) is 42.5 Å². The summed E-state index contributed by atoms with van der Waals surface area (Å²) >= 11 is 1.18. The number of amides is 1. The van der Waals surface area contributed by atoms with Gasteiger partial charge in [-0.25, -0.2) is 8.42 Å². The average Bonchev–Trinajstić information content (AvgIpc) is 3.21. The highest BCUT2D eigenvalue weighted by Gasteiger charge is 2.24. The van der Waals surface area contributed by atoms with Crippen LogP contribution in [-0.4, -0.2) is 65.8 Å². The summed E-state index contributed by atoms with van der Waals surface area (Å²) in [6, 6.07) is 8.20. The van der Waals surface area contributed by atoms with Gasteiger partial charge in [0.05, 0.1) is 24.4 Å². The predicted octanol–water partition coefficient (Wildman–Crippen LogP) is 2.90. The summed E-state index contributed by atoms with van der Waals surface area (Å²) in [5.74, 6) is 0.806. The summed E-state index contributed by atoms with van der Waals surface area (Å²) in [4.78, 5) is 12.9. The van der Waals surface area contributed by atoms with Crippen molar-refractivity contribution < 1.29 is 22.7 Å². The number of methoxy groups -OCH3 is 2. The molecule has 1 N–H and O–H groups in total. The standard InChI is InChI=1S/C21H27N5O5S2/c1-6-25(7-2)33(28,29)16-9-11-19-23-24-21(26(19)13-16)32-14(3)20(27)22-15-8-10-17(30-4)18(12-15)31-5/h8-14H,6-7H2,1-5H3,(H,22,27). The molecule has 1 amide bonds. The Balaban J connectivity index is 1.80. The van der Waals surface area contributed by atoms with Crippen LogP contribution in [0.1, 0.15) is 20.8 Å². The minimum absolute atomic E-state index is 0.141. The number of rotatable bonds is 10. The second-order valence-corrected chi connectivity index (χ2v) is 10.2. The smallest absolute Gasteiger partial charge is 0.244 e. The van der Waals surface area contributed by atoms with Crippen LogP contribution in [-0.2, 0) is 14.8 Å². The van der Waals surface area contributed by atoms with Crippen molar-refractivity contribution in [1.29, 1.82) is 0 Å². The van der Waals surface area contributed by atoms with Crippen molar-refractivity contribution in [3.63, 3.8) is 0 Å².